The predicted octanol–water partition coefficient (Wildman–Crippen LogP) is 6.61. The lowest BCUT2D eigenvalue weighted by molar-refractivity contribution is 0.277. The van der Waals surface area contributed by atoms with Crippen molar-refractivity contribution in [3.63, 3.8) is 0 Å². The van der Waals surface area contributed by atoms with Crippen LogP contribution < -0.4 is 18.9 Å². The van der Waals surface area contributed by atoms with Crippen molar-refractivity contribution in [2.24, 2.45) is 0 Å². The Morgan fingerprint density at radius 3 is 2.06 bits per heavy atom. The summed E-state index contributed by atoms with van der Waals surface area (Å²) in [5.74, 6) is 2.60. The van der Waals surface area contributed by atoms with E-state index in [4.69, 9.17) is 18.9 Å². The molecule has 5 heteroatoms. The quantitative estimate of drug-likeness (QED) is 0.319. The minimum atomic E-state index is 0.502. The number of hydrogen-bond acceptors (Lipinski definition) is 5. The van der Waals surface area contributed by atoms with E-state index in [1.54, 1.807) is 20.4 Å². The molecule has 0 aliphatic heterocycles. The number of benzene rings is 2. The Balaban J connectivity index is 1.96. The zero-order valence-corrected chi connectivity index (χ0v) is 19.4. The molecule has 3 aromatic rings. The van der Waals surface area contributed by atoms with E-state index >= 15 is 0 Å². The smallest absolute Gasteiger partial charge is 0.203 e. The second-order valence-electron chi connectivity index (χ2n) is 7.86. The van der Waals surface area contributed by atoms with Crippen LogP contribution in [0.4, 0.5) is 0 Å². The van der Waals surface area contributed by atoms with Gasteiger partial charge in [0.15, 0.2) is 11.5 Å². The molecule has 0 aliphatic carbocycles. The lowest BCUT2D eigenvalue weighted by Gasteiger charge is -2.17. The topological polar surface area (TPSA) is 49.8 Å². The molecule has 168 valence electrons. The van der Waals surface area contributed by atoms with Crippen LogP contribution in [0.25, 0.3) is 22.0 Å². The molecule has 0 bridgehead atoms. The molecular formula is C27H31NO4. The average Bonchev–Trinajstić information content (AvgIpc) is 2.78. The van der Waals surface area contributed by atoms with Gasteiger partial charge in [-0.15, -0.1) is 13.2 Å². The maximum Gasteiger partial charge on any atom is 0.203 e. The first-order chi connectivity index (χ1) is 15.4. The lowest BCUT2D eigenvalue weighted by atomic mass is 10.0. The highest BCUT2D eigenvalue weighted by Gasteiger charge is 2.17. The number of aromatic nitrogens is 1. The van der Waals surface area contributed by atoms with Crippen molar-refractivity contribution < 1.29 is 18.9 Å². The van der Waals surface area contributed by atoms with Gasteiger partial charge < -0.3 is 18.9 Å². The van der Waals surface area contributed by atoms with Gasteiger partial charge in [0.25, 0.3) is 0 Å². The van der Waals surface area contributed by atoms with Gasteiger partial charge in [-0.3, -0.25) is 4.98 Å². The van der Waals surface area contributed by atoms with E-state index in [0.29, 0.717) is 30.5 Å². The Morgan fingerprint density at radius 1 is 0.844 bits per heavy atom. The van der Waals surface area contributed by atoms with Crippen LogP contribution in [-0.2, 0) is 0 Å². The second-order valence-corrected chi connectivity index (χ2v) is 7.86. The average molecular weight is 434 g/mol. The Bertz CT molecular complexity index is 1090. The van der Waals surface area contributed by atoms with E-state index in [1.807, 2.05) is 50.2 Å². The monoisotopic (exact) mass is 433 g/mol. The van der Waals surface area contributed by atoms with Crippen LogP contribution in [0.1, 0.15) is 26.7 Å². The van der Waals surface area contributed by atoms with Crippen molar-refractivity contribution >= 4 is 10.8 Å². The third-order valence-electron chi connectivity index (χ3n) is 5.04. The fraction of sp³-hybridized carbons (Fsp3) is 0.296. The summed E-state index contributed by atoms with van der Waals surface area (Å²) in [5, 5.41) is 2.06. The molecule has 0 atom stereocenters. The summed E-state index contributed by atoms with van der Waals surface area (Å²) in [5.41, 5.74) is 3.88. The summed E-state index contributed by atoms with van der Waals surface area (Å²) in [6.07, 6.45) is 3.39. The summed E-state index contributed by atoms with van der Waals surface area (Å²) < 4.78 is 23.1. The fourth-order valence-corrected chi connectivity index (χ4v) is 3.31. The molecule has 0 aliphatic rings. The van der Waals surface area contributed by atoms with Gasteiger partial charge in [0.1, 0.15) is 5.75 Å². The minimum Gasteiger partial charge on any atom is -0.493 e. The molecule has 5 nitrogen and oxygen atoms in total. The van der Waals surface area contributed by atoms with E-state index in [2.05, 4.69) is 18.1 Å². The maximum atomic E-state index is 5.96. The first-order valence-electron chi connectivity index (χ1n) is 10.6. The second kappa shape index (κ2) is 10.7. The Hall–Kier alpha value is -3.47. The standard InChI is InChI=1S/C27H31NO4/c1-18(2)10-13-31-22-7-8-23-20(15-22)9-12-28-26(23)21-16-24(29-5)27(25(17-21)30-6)32-14-11-19(3)4/h7-9,12,15-17H,1,3,10-11,13-14H2,2,4-6H3. The third-order valence-corrected chi connectivity index (χ3v) is 5.04. The van der Waals surface area contributed by atoms with Crippen LogP contribution in [-0.4, -0.2) is 32.4 Å². The Kier molecular flexibility index (Phi) is 7.77. The first-order valence-corrected chi connectivity index (χ1v) is 10.6. The van der Waals surface area contributed by atoms with E-state index in [0.717, 1.165) is 51.8 Å². The summed E-state index contributed by atoms with van der Waals surface area (Å²) in [6.45, 7) is 12.9. The van der Waals surface area contributed by atoms with Gasteiger partial charge in [-0.2, -0.15) is 0 Å². The van der Waals surface area contributed by atoms with Crippen LogP contribution in [0.3, 0.4) is 0 Å². The van der Waals surface area contributed by atoms with Crippen molar-refractivity contribution in [1.82, 2.24) is 4.98 Å². The van der Waals surface area contributed by atoms with Gasteiger partial charge in [0, 0.05) is 30.0 Å². The van der Waals surface area contributed by atoms with Gasteiger partial charge >= 0.3 is 0 Å². The van der Waals surface area contributed by atoms with Crippen molar-refractivity contribution in [3.8, 4) is 34.3 Å². The largest absolute Gasteiger partial charge is 0.493 e. The molecule has 0 radical (unpaired) electrons. The number of fused-ring (bicyclic) bond motifs is 1. The summed E-state index contributed by atoms with van der Waals surface area (Å²) >= 11 is 0. The summed E-state index contributed by atoms with van der Waals surface area (Å²) in [7, 11) is 3.24. The van der Waals surface area contributed by atoms with Crippen molar-refractivity contribution in [2.45, 2.75) is 26.7 Å². The molecule has 0 spiro atoms. The van der Waals surface area contributed by atoms with Gasteiger partial charge in [-0.05, 0) is 55.6 Å². The van der Waals surface area contributed by atoms with E-state index in [9.17, 15) is 0 Å². The van der Waals surface area contributed by atoms with Gasteiger partial charge in [-0.25, -0.2) is 0 Å². The van der Waals surface area contributed by atoms with E-state index in [-0.39, 0.29) is 0 Å². The van der Waals surface area contributed by atoms with Gasteiger partial charge in [0.2, 0.25) is 5.75 Å². The summed E-state index contributed by atoms with van der Waals surface area (Å²) in [6, 6.07) is 11.9. The Labute approximate surface area is 190 Å². The molecule has 1 heterocycles. The van der Waals surface area contributed by atoms with E-state index < -0.39 is 0 Å². The summed E-state index contributed by atoms with van der Waals surface area (Å²) in [4.78, 5) is 4.64. The van der Waals surface area contributed by atoms with Crippen LogP contribution in [0.2, 0.25) is 0 Å². The molecule has 3 rings (SSSR count). The van der Waals surface area contributed by atoms with Gasteiger partial charge in [-0.1, -0.05) is 11.1 Å². The molecule has 1 aromatic heterocycles. The highest BCUT2D eigenvalue weighted by atomic mass is 16.5. The molecule has 0 fully saturated rings. The van der Waals surface area contributed by atoms with Crippen LogP contribution in [0, 0.1) is 0 Å². The maximum absolute atomic E-state index is 5.96. The fourth-order valence-electron chi connectivity index (χ4n) is 3.31. The Morgan fingerprint density at radius 2 is 1.47 bits per heavy atom. The van der Waals surface area contributed by atoms with E-state index in [1.165, 1.54) is 0 Å². The van der Waals surface area contributed by atoms with Crippen molar-refractivity contribution in [2.75, 3.05) is 27.4 Å². The van der Waals surface area contributed by atoms with Crippen molar-refractivity contribution in [1.29, 1.82) is 0 Å². The molecule has 2 aromatic carbocycles. The van der Waals surface area contributed by atoms with Crippen molar-refractivity contribution in [3.05, 3.63) is 66.9 Å². The molecule has 0 amide bonds. The van der Waals surface area contributed by atoms with Gasteiger partial charge in [0.05, 0.1) is 33.1 Å². The number of pyridine rings is 1. The number of rotatable bonds is 11. The van der Waals surface area contributed by atoms with Crippen LogP contribution in [0.5, 0.6) is 23.0 Å². The predicted molar refractivity (Wildman–Crippen MR) is 130 cm³/mol. The number of methoxy groups -OCH3 is 2. The molecule has 32 heavy (non-hydrogen) atoms. The molecule has 0 unspecified atom stereocenters. The molecule has 0 N–H and O–H groups in total. The molecular weight excluding hydrogens is 402 g/mol. The molecule has 0 saturated heterocycles. The normalized spacial score (nSPS) is 10.6. The minimum absolute atomic E-state index is 0.502. The zero-order valence-electron chi connectivity index (χ0n) is 19.4. The SMILES string of the molecule is C=C(C)CCOc1ccc2c(-c3cc(OC)c(OCCC(=C)C)c(OC)c3)nccc2c1. The molecule has 0 saturated carbocycles. The first kappa shape index (κ1) is 23.2. The third kappa shape index (κ3) is 5.61. The number of hydrogen-bond donors (Lipinski definition) is 0. The highest BCUT2D eigenvalue weighted by Crippen LogP contribution is 2.42. The van der Waals surface area contributed by atoms with Crippen LogP contribution >= 0.6 is 0 Å². The highest BCUT2D eigenvalue weighted by molar-refractivity contribution is 5.95. The number of ether oxygens (including phenoxy) is 4. The zero-order chi connectivity index (χ0) is 23.1. The van der Waals surface area contributed by atoms with Crippen LogP contribution in [0.15, 0.2) is 66.9 Å². The number of nitrogens with zero attached hydrogens (tertiary/aromatic N) is 1. The lowest BCUT2D eigenvalue weighted by Crippen LogP contribution is -2.02.